The highest BCUT2D eigenvalue weighted by molar-refractivity contribution is 7.17. The predicted molar refractivity (Wildman–Crippen MR) is 114 cm³/mol. The van der Waals surface area contributed by atoms with Crippen LogP contribution in [-0.2, 0) is 27.1 Å². The Morgan fingerprint density at radius 3 is 2.80 bits per heavy atom. The van der Waals surface area contributed by atoms with E-state index in [9.17, 15) is 14.4 Å². The molecule has 0 bridgehead atoms. The number of nitrogens with zero attached hydrogens (tertiary/aromatic N) is 1. The molecule has 0 spiro atoms. The van der Waals surface area contributed by atoms with Crippen molar-refractivity contribution in [2.24, 2.45) is 5.92 Å². The van der Waals surface area contributed by atoms with E-state index in [-0.39, 0.29) is 16.8 Å². The fraction of sp³-hybridized carbons (Fsp3) is 0.429. The second-order valence-corrected chi connectivity index (χ2v) is 8.94. The monoisotopic (exact) mass is 450 g/mol. The smallest absolute Gasteiger partial charge is 0.341 e. The van der Waals surface area contributed by atoms with Crippen LogP contribution in [0.25, 0.3) is 0 Å². The molecule has 0 fully saturated rings. The first-order valence-corrected chi connectivity index (χ1v) is 10.9. The van der Waals surface area contributed by atoms with E-state index < -0.39 is 24.5 Å². The molecule has 0 aromatic carbocycles. The Morgan fingerprint density at radius 2 is 2.10 bits per heavy atom. The van der Waals surface area contributed by atoms with Gasteiger partial charge in [0.25, 0.3) is 5.91 Å². The van der Waals surface area contributed by atoms with E-state index in [1.54, 1.807) is 19.9 Å². The molecule has 9 heteroatoms. The van der Waals surface area contributed by atoms with Crippen LogP contribution in [0.1, 0.15) is 58.3 Å². The number of pyridine rings is 1. The van der Waals surface area contributed by atoms with E-state index in [0.717, 1.165) is 29.7 Å². The largest absolute Gasteiger partial charge is 0.459 e. The second-order valence-electron chi connectivity index (χ2n) is 7.48. The Labute approximate surface area is 183 Å². The van der Waals surface area contributed by atoms with Crippen molar-refractivity contribution >= 4 is 45.8 Å². The van der Waals surface area contributed by atoms with Crippen molar-refractivity contribution in [3.05, 3.63) is 45.1 Å². The zero-order valence-electron chi connectivity index (χ0n) is 17.0. The lowest BCUT2D eigenvalue weighted by Crippen LogP contribution is -2.22. The highest BCUT2D eigenvalue weighted by Crippen LogP contribution is 2.40. The molecule has 1 N–H and O–H groups in total. The van der Waals surface area contributed by atoms with E-state index >= 15 is 0 Å². The van der Waals surface area contributed by atoms with Gasteiger partial charge in [0.15, 0.2) is 6.61 Å². The number of ether oxygens (including phenoxy) is 2. The molecule has 2 aromatic heterocycles. The van der Waals surface area contributed by atoms with E-state index in [2.05, 4.69) is 17.2 Å². The van der Waals surface area contributed by atoms with E-state index in [4.69, 9.17) is 21.1 Å². The minimum Gasteiger partial charge on any atom is -0.459 e. The first-order valence-electron chi connectivity index (χ1n) is 9.69. The van der Waals surface area contributed by atoms with Gasteiger partial charge in [0, 0.05) is 11.1 Å². The molecule has 0 radical (unpaired) electrons. The molecule has 7 nitrogen and oxygen atoms in total. The van der Waals surface area contributed by atoms with Gasteiger partial charge in [0.05, 0.1) is 17.2 Å². The number of aromatic nitrogens is 1. The lowest BCUT2D eigenvalue weighted by atomic mass is 9.88. The molecule has 0 aliphatic heterocycles. The normalized spacial score (nSPS) is 15.4. The molecule has 1 amide bonds. The van der Waals surface area contributed by atoms with Crippen LogP contribution in [0.2, 0.25) is 5.15 Å². The highest BCUT2D eigenvalue weighted by Gasteiger charge is 2.29. The Bertz CT molecular complexity index is 972. The zero-order chi connectivity index (χ0) is 21.8. The molecule has 1 aliphatic rings. The third-order valence-electron chi connectivity index (χ3n) is 4.62. The summed E-state index contributed by atoms with van der Waals surface area (Å²) in [4.78, 5) is 42.1. The van der Waals surface area contributed by atoms with E-state index in [0.29, 0.717) is 16.5 Å². The fourth-order valence-corrected chi connectivity index (χ4v) is 4.85. The van der Waals surface area contributed by atoms with Crippen molar-refractivity contribution in [1.82, 2.24) is 4.98 Å². The number of rotatable bonds is 6. The van der Waals surface area contributed by atoms with Crippen LogP contribution >= 0.6 is 22.9 Å². The van der Waals surface area contributed by atoms with Crippen LogP contribution in [0, 0.1) is 5.92 Å². The van der Waals surface area contributed by atoms with Crippen LogP contribution in [0.15, 0.2) is 18.3 Å². The van der Waals surface area contributed by atoms with Gasteiger partial charge in [0.1, 0.15) is 10.2 Å². The zero-order valence-corrected chi connectivity index (χ0v) is 18.6. The highest BCUT2D eigenvalue weighted by atomic mass is 35.5. The maximum Gasteiger partial charge on any atom is 0.341 e. The maximum absolute atomic E-state index is 12.7. The molecule has 160 valence electrons. The van der Waals surface area contributed by atoms with Gasteiger partial charge in [-0.15, -0.1) is 11.3 Å². The Kier molecular flexibility index (Phi) is 7.10. The molecule has 30 heavy (non-hydrogen) atoms. The predicted octanol–water partition coefficient (Wildman–Crippen LogP) is 4.28. The average molecular weight is 451 g/mol. The van der Waals surface area contributed by atoms with Gasteiger partial charge in [-0.25, -0.2) is 14.6 Å². The van der Waals surface area contributed by atoms with Crippen molar-refractivity contribution in [2.75, 3.05) is 11.9 Å². The number of nitrogens with one attached hydrogen (secondary N) is 1. The second kappa shape index (κ2) is 9.57. The quantitative estimate of drug-likeness (QED) is 0.521. The number of thiophene rings is 1. The van der Waals surface area contributed by atoms with Crippen molar-refractivity contribution in [2.45, 2.75) is 46.1 Å². The number of anilines is 1. The molecule has 1 atom stereocenters. The number of esters is 2. The Hall–Kier alpha value is -2.45. The summed E-state index contributed by atoms with van der Waals surface area (Å²) < 4.78 is 10.4. The number of amides is 1. The van der Waals surface area contributed by atoms with Gasteiger partial charge < -0.3 is 14.8 Å². The van der Waals surface area contributed by atoms with Crippen molar-refractivity contribution in [1.29, 1.82) is 0 Å². The van der Waals surface area contributed by atoms with Crippen LogP contribution in [0.4, 0.5) is 5.00 Å². The molecule has 2 aromatic rings. The number of halogens is 1. The number of hydrogen-bond donors (Lipinski definition) is 1. The number of hydrogen-bond acceptors (Lipinski definition) is 7. The molecule has 0 saturated carbocycles. The van der Waals surface area contributed by atoms with Gasteiger partial charge in [-0.1, -0.05) is 18.5 Å². The molecule has 3 rings (SSSR count). The first-order chi connectivity index (χ1) is 14.3. The van der Waals surface area contributed by atoms with Crippen molar-refractivity contribution in [3.8, 4) is 0 Å². The van der Waals surface area contributed by atoms with Crippen LogP contribution in [0.5, 0.6) is 0 Å². The SMILES string of the molecule is CC1CCc2c(sc(NC(=O)COC(=O)c3cccnc3Cl)c2C(=O)OC(C)C)C1. The Balaban J connectivity index is 1.73. The summed E-state index contributed by atoms with van der Waals surface area (Å²) in [7, 11) is 0. The fourth-order valence-electron chi connectivity index (χ4n) is 3.24. The number of carbonyl (C=O) groups is 3. The molecule has 0 saturated heterocycles. The maximum atomic E-state index is 12.7. The van der Waals surface area contributed by atoms with Crippen LogP contribution in [-0.4, -0.2) is 35.5 Å². The van der Waals surface area contributed by atoms with Crippen molar-refractivity contribution < 1.29 is 23.9 Å². The number of fused-ring (bicyclic) bond motifs is 1. The standard InChI is InChI=1S/C21H23ClN2O5S/c1-11(2)29-21(27)17-13-7-6-12(3)9-15(13)30-19(17)24-16(25)10-28-20(26)14-5-4-8-23-18(14)22/h4-5,8,11-12H,6-7,9-10H2,1-3H3,(H,24,25). The molecule has 2 heterocycles. The molecule has 1 unspecified atom stereocenters. The average Bonchev–Trinajstić information content (AvgIpc) is 3.02. The lowest BCUT2D eigenvalue weighted by molar-refractivity contribution is -0.119. The lowest BCUT2D eigenvalue weighted by Gasteiger charge is -2.18. The molecule has 1 aliphatic carbocycles. The van der Waals surface area contributed by atoms with Gasteiger partial charge in [-0.05, 0) is 56.7 Å². The summed E-state index contributed by atoms with van der Waals surface area (Å²) in [6.07, 6.45) is 3.77. The van der Waals surface area contributed by atoms with E-state index in [1.807, 2.05) is 0 Å². The van der Waals surface area contributed by atoms with E-state index in [1.165, 1.54) is 23.6 Å². The summed E-state index contributed by atoms with van der Waals surface area (Å²) in [5.74, 6) is -1.24. The summed E-state index contributed by atoms with van der Waals surface area (Å²) in [6, 6.07) is 3.01. The van der Waals surface area contributed by atoms with Crippen LogP contribution in [0.3, 0.4) is 0 Å². The molecular formula is C21H23ClN2O5S. The summed E-state index contributed by atoms with van der Waals surface area (Å²) in [5.41, 5.74) is 1.43. The van der Waals surface area contributed by atoms with Crippen molar-refractivity contribution in [3.63, 3.8) is 0 Å². The third kappa shape index (κ3) is 5.17. The molecular weight excluding hydrogens is 428 g/mol. The summed E-state index contributed by atoms with van der Waals surface area (Å²) in [6.45, 7) is 5.21. The van der Waals surface area contributed by atoms with Gasteiger partial charge in [-0.2, -0.15) is 0 Å². The minimum atomic E-state index is -0.748. The van der Waals surface area contributed by atoms with Gasteiger partial charge in [-0.3, -0.25) is 4.79 Å². The first kappa shape index (κ1) is 22.2. The van der Waals surface area contributed by atoms with Gasteiger partial charge >= 0.3 is 11.9 Å². The Morgan fingerprint density at radius 1 is 1.33 bits per heavy atom. The number of carbonyl (C=O) groups excluding carboxylic acids is 3. The minimum absolute atomic E-state index is 0.00155. The topological polar surface area (TPSA) is 94.6 Å². The third-order valence-corrected chi connectivity index (χ3v) is 6.10. The summed E-state index contributed by atoms with van der Waals surface area (Å²) >= 11 is 7.25. The van der Waals surface area contributed by atoms with Crippen LogP contribution < -0.4 is 5.32 Å². The summed E-state index contributed by atoms with van der Waals surface area (Å²) in [5, 5.41) is 3.14. The van der Waals surface area contributed by atoms with Gasteiger partial charge in [0.2, 0.25) is 0 Å².